The fourth-order valence-electron chi connectivity index (χ4n) is 0.929. The molecule has 4 nitrogen and oxygen atoms in total. The number of hydrogen-bond donors (Lipinski definition) is 1. The number of furan rings is 1. The molecular formula is C8H10BrNO3. The van der Waals surface area contributed by atoms with E-state index in [-0.39, 0.29) is 6.54 Å². The molecule has 0 amide bonds. The summed E-state index contributed by atoms with van der Waals surface area (Å²) in [6.07, 6.45) is 0. The Hall–Kier alpha value is -0.810. The van der Waals surface area contributed by atoms with Gasteiger partial charge < -0.3 is 14.9 Å². The summed E-state index contributed by atoms with van der Waals surface area (Å²) >= 11 is 3.11. The first-order valence-electron chi connectivity index (χ1n) is 3.84. The van der Waals surface area contributed by atoms with Gasteiger partial charge in [-0.2, -0.15) is 0 Å². The number of nitrogens with two attached hydrogens (primary N) is 1. The molecule has 0 fully saturated rings. The summed E-state index contributed by atoms with van der Waals surface area (Å²) in [5, 5.41) is 0. The average molecular weight is 248 g/mol. The van der Waals surface area contributed by atoms with Crippen LogP contribution < -0.4 is 5.73 Å². The molecule has 0 saturated heterocycles. The van der Waals surface area contributed by atoms with Crippen LogP contribution in [0.4, 0.5) is 0 Å². The Labute approximate surface area is 84.2 Å². The lowest BCUT2D eigenvalue weighted by atomic mass is 10.2. The number of ether oxygens (including phenoxy) is 1. The summed E-state index contributed by atoms with van der Waals surface area (Å²) in [5.41, 5.74) is 5.76. The topological polar surface area (TPSA) is 65.5 Å². The minimum Gasteiger partial charge on any atom is -0.462 e. The molecule has 0 aliphatic carbocycles. The Morgan fingerprint density at radius 1 is 1.77 bits per heavy atom. The number of halogens is 1. The Morgan fingerprint density at radius 3 is 3.00 bits per heavy atom. The van der Waals surface area contributed by atoms with E-state index >= 15 is 0 Å². The van der Waals surface area contributed by atoms with Crippen molar-refractivity contribution in [2.45, 2.75) is 13.5 Å². The molecule has 1 aromatic rings. The Bertz CT molecular complexity index is 308. The normalized spacial score (nSPS) is 10.1. The summed E-state index contributed by atoms with van der Waals surface area (Å²) in [6.45, 7) is 2.26. The first kappa shape index (κ1) is 10.3. The van der Waals surface area contributed by atoms with Crippen LogP contribution in [0.1, 0.15) is 23.0 Å². The quantitative estimate of drug-likeness (QED) is 0.826. The zero-order chi connectivity index (χ0) is 9.84. The van der Waals surface area contributed by atoms with Gasteiger partial charge in [-0.15, -0.1) is 0 Å². The van der Waals surface area contributed by atoms with Crippen LogP contribution in [0.5, 0.6) is 0 Å². The fraction of sp³-hybridized carbons (Fsp3) is 0.375. The van der Waals surface area contributed by atoms with E-state index in [0.717, 1.165) is 0 Å². The Morgan fingerprint density at radius 2 is 2.46 bits per heavy atom. The molecule has 0 spiro atoms. The molecule has 0 radical (unpaired) electrons. The van der Waals surface area contributed by atoms with Gasteiger partial charge in [-0.1, -0.05) is 0 Å². The van der Waals surface area contributed by atoms with Crippen molar-refractivity contribution in [1.29, 1.82) is 0 Å². The van der Waals surface area contributed by atoms with Crippen molar-refractivity contribution in [1.82, 2.24) is 0 Å². The molecule has 5 heteroatoms. The van der Waals surface area contributed by atoms with E-state index in [1.807, 2.05) is 0 Å². The number of carbonyl (C=O) groups is 1. The highest BCUT2D eigenvalue weighted by molar-refractivity contribution is 9.10. The molecule has 0 aromatic carbocycles. The van der Waals surface area contributed by atoms with Crippen molar-refractivity contribution < 1.29 is 13.9 Å². The lowest BCUT2D eigenvalue weighted by Gasteiger charge is -1.99. The number of carbonyl (C=O) groups excluding carboxylic acids is 1. The van der Waals surface area contributed by atoms with Gasteiger partial charge in [0.2, 0.25) is 0 Å². The predicted molar refractivity (Wildman–Crippen MR) is 50.3 cm³/mol. The zero-order valence-electron chi connectivity index (χ0n) is 7.17. The van der Waals surface area contributed by atoms with Crippen molar-refractivity contribution in [3.05, 3.63) is 22.1 Å². The second-order valence-corrected chi connectivity index (χ2v) is 3.09. The molecule has 0 aliphatic heterocycles. The largest absolute Gasteiger partial charge is 0.462 e. The molecule has 72 valence electrons. The van der Waals surface area contributed by atoms with E-state index in [0.29, 0.717) is 22.6 Å². The van der Waals surface area contributed by atoms with Gasteiger partial charge in [0, 0.05) is 6.07 Å². The van der Waals surface area contributed by atoms with Crippen molar-refractivity contribution in [3.8, 4) is 0 Å². The van der Waals surface area contributed by atoms with E-state index in [2.05, 4.69) is 15.9 Å². The third kappa shape index (κ3) is 2.32. The van der Waals surface area contributed by atoms with Gasteiger partial charge in [0.1, 0.15) is 11.3 Å². The highest BCUT2D eigenvalue weighted by Gasteiger charge is 2.16. The molecule has 0 saturated carbocycles. The highest BCUT2D eigenvalue weighted by atomic mass is 79.9. The second kappa shape index (κ2) is 4.43. The van der Waals surface area contributed by atoms with Crippen LogP contribution >= 0.6 is 15.9 Å². The zero-order valence-corrected chi connectivity index (χ0v) is 8.76. The molecule has 0 unspecified atom stereocenters. The second-order valence-electron chi connectivity index (χ2n) is 2.31. The third-order valence-electron chi connectivity index (χ3n) is 1.46. The maximum atomic E-state index is 11.3. The fourth-order valence-corrected chi connectivity index (χ4v) is 1.35. The summed E-state index contributed by atoms with van der Waals surface area (Å²) in [5.74, 6) is 0.0303. The Balaban J connectivity index is 2.91. The molecular weight excluding hydrogens is 238 g/mol. The van der Waals surface area contributed by atoms with Crippen LogP contribution in [0.3, 0.4) is 0 Å². The SMILES string of the molecule is CCOC(=O)c1cc(Br)oc1CN. The predicted octanol–water partition coefficient (Wildman–Crippen LogP) is 1.68. The van der Waals surface area contributed by atoms with Gasteiger partial charge >= 0.3 is 5.97 Å². The van der Waals surface area contributed by atoms with Gasteiger partial charge in [-0.3, -0.25) is 0 Å². The molecule has 2 N–H and O–H groups in total. The first-order chi connectivity index (χ1) is 6.19. The number of esters is 1. The highest BCUT2D eigenvalue weighted by Crippen LogP contribution is 2.20. The van der Waals surface area contributed by atoms with Crippen LogP contribution in [0, 0.1) is 0 Å². The van der Waals surface area contributed by atoms with Crippen LogP contribution in [-0.2, 0) is 11.3 Å². The molecule has 1 heterocycles. The van der Waals surface area contributed by atoms with Crippen LogP contribution in [0.25, 0.3) is 0 Å². The van der Waals surface area contributed by atoms with Crippen LogP contribution in [-0.4, -0.2) is 12.6 Å². The summed E-state index contributed by atoms with van der Waals surface area (Å²) < 4.78 is 10.4. The maximum absolute atomic E-state index is 11.3. The van der Waals surface area contributed by atoms with Crippen LogP contribution in [0.2, 0.25) is 0 Å². The van der Waals surface area contributed by atoms with Crippen molar-refractivity contribution in [2.75, 3.05) is 6.61 Å². The molecule has 0 atom stereocenters. The van der Waals surface area contributed by atoms with E-state index in [1.54, 1.807) is 13.0 Å². The molecule has 0 bridgehead atoms. The van der Waals surface area contributed by atoms with Gasteiger partial charge in [0.05, 0.1) is 13.2 Å². The monoisotopic (exact) mass is 247 g/mol. The summed E-state index contributed by atoms with van der Waals surface area (Å²) in [6, 6.07) is 1.56. The lowest BCUT2D eigenvalue weighted by Crippen LogP contribution is -2.08. The van der Waals surface area contributed by atoms with Crippen LogP contribution in [0.15, 0.2) is 15.2 Å². The van der Waals surface area contributed by atoms with Gasteiger partial charge in [0.15, 0.2) is 4.67 Å². The molecule has 1 rings (SSSR count). The van der Waals surface area contributed by atoms with Gasteiger partial charge in [-0.05, 0) is 22.9 Å². The molecule has 0 aliphatic rings. The minimum absolute atomic E-state index is 0.180. The average Bonchev–Trinajstić information content (AvgIpc) is 2.47. The smallest absolute Gasteiger partial charge is 0.341 e. The van der Waals surface area contributed by atoms with Crippen molar-refractivity contribution in [2.24, 2.45) is 5.73 Å². The third-order valence-corrected chi connectivity index (χ3v) is 1.85. The Kier molecular flexibility index (Phi) is 3.50. The van der Waals surface area contributed by atoms with Crippen molar-refractivity contribution >= 4 is 21.9 Å². The molecule has 13 heavy (non-hydrogen) atoms. The summed E-state index contributed by atoms with van der Waals surface area (Å²) in [4.78, 5) is 11.3. The van der Waals surface area contributed by atoms with Gasteiger partial charge in [-0.25, -0.2) is 4.79 Å². The summed E-state index contributed by atoms with van der Waals surface area (Å²) in [7, 11) is 0. The molecule has 1 aromatic heterocycles. The first-order valence-corrected chi connectivity index (χ1v) is 4.63. The van der Waals surface area contributed by atoms with Gasteiger partial charge in [0.25, 0.3) is 0 Å². The van der Waals surface area contributed by atoms with Crippen molar-refractivity contribution in [3.63, 3.8) is 0 Å². The maximum Gasteiger partial charge on any atom is 0.341 e. The lowest BCUT2D eigenvalue weighted by molar-refractivity contribution is 0.0524. The van der Waals surface area contributed by atoms with E-state index in [4.69, 9.17) is 14.9 Å². The van der Waals surface area contributed by atoms with E-state index in [1.165, 1.54) is 0 Å². The van der Waals surface area contributed by atoms with E-state index in [9.17, 15) is 4.79 Å². The number of rotatable bonds is 3. The minimum atomic E-state index is -0.405. The number of hydrogen-bond acceptors (Lipinski definition) is 4. The standard InChI is InChI=1S/C8H10BrNO3/c1-2-12-8(11)5-3-7(9)13-6(5)4-10/h3H,2,4,10H2,1H3. The van der Waals surface area contributed by atoms with E-state index < -0.39 is 5.97 Å².